The number of nitrogens with zero attached hydrogens (tertiary/aromatic N) is 3. The maximum absolute atomic E-state index is 9.83. The van der Waals surface area contributed by atoms with Crippen LogP contribution >= 0.6 is 0 Å². The van der Waals surface area contributed by atoms with Crippen molar-refractivity contribution in [1.29, 1.82) is 0 Å². The Hall–Kier alpha value is -2.15. The number of hydrogen-bond acceptors (Lipinski definition) is 6. The van der Waals surface area contributed by atoms with Crippen molar-refractivity contribution < 1.29 is 9.84 Å². The van der Waals surface area contributed by atoms with Gasteiger partial charge in [0, 0.05) is 12.1 Å². The van der Waals surface area contributed by atoms with E-state index < -0.39 is 0 Å². The highest BCUT2D eigenvalue weighted by molar-refractivity contribution is 5.45. The van der Waals surface area contributed by atoms with Gasteiger partial charge in [-0.05, 0) is 6.07 Å². The molecule has 0 spiro atoms. The lowest BCUT2D eigenvalue weighted by Crippen LogP contribution is -2.14. The summed E-state index contributed by atoms with van der Waals surface area (Å²) in [7, 11) is 1.52. The van der Waals surface area contributed by atoms with Crippen molar-refractivity contribution in [2.45, 2.75) is 13.1 Å². The molecule has 0 saturated heterocycles. The number of ether oxygens (including phenoxy) is 1. The number of tetrazole rings is 1. The Kier molecular flexibility index (Phi) is 3.51. The van der Waals surface area contributed by atoms with Crippen molar-refractivity contribution >= 4 is 0 Å². The quantitative estimate of drug-likeness (QED) is 0.685. The van der Waals surface area contributed by atoms with Gasteiger partial charge in [0.2, 0.25) is 0 Å². The molecule has 0 aliphatic carbocycles. The van der Waals surface area contributed by atoms with E-state index in [1.165, 1.54) is 7.11 Å². The van der Waals surface area contributed by atoms with Crippen molar-refractivity contribution in [2.75, 3.05) is 7.11 Å². The maximum atomic E-state index is 9.83. The zero-order valence-corrected chi connectivity index (χ0v) is 9.34. The van der Waals surface area contributed by atoms with E-state index in [9.17, 15) is 5.11 Å². The van der Waals surface area contributed by atoms with E-state index in [0.29, 0.717) is 24.7 Å². The second-order valence-corrected chi connectivity index (χ2v) is 3.40. The van der Waals surface area contributed by atoms with Crippen LogP contribution in [0.4, 0.5) is 0 Å². The fourth-order valence-electron chi connectivity index (χ4n) is 1.44. The molecule has 7 heteroatoms. The number of aromatic hydroxyl groups is 1. The third-order valence-corrected chi connectivity index (χ3v) is 2.29. The van der Waals surface area contributed by atoms with E-state index in [1.54, 1.807) is 6.07 Å². The first kappa shape index (κ1) is 11.3. The van der Waals surface area contributed by atoms with Gasteiger partial charge < -0.3 is 15.2 Å². The van der Waals surface area contributed by atoms with Crippen LogP contribution in [0, 0.1) is 0 Å². The van der Waals surface area contributed by atoms with E-state index in [2.05, 4.69) is 25.9 Å². The highest BCUT2D eigenvalue weighted by atomic mass is 16.5. The number of para-hydroxylation sites is 1. The number of H-pyrrole nitrogens is 1. The Bertz CT molecular complexity index is 472. The fourth-order valence-corrected chi connectivity index (χ4v) is 1.44. The lowest BCUT2D eigenvalue weighted by Gasteiger charge is -2.08. The summed E-state index contributed by atoms with van der Waals surface area (Å²) in [6.07, 6.45) is 0. The minimum absolute atomic E-state index is 0.149. The van der Waals surface area contributed by atoms with E-state index in [-0.39, 0.29) is 5.75 Å². The van der Waals surface area contributed by atoms with Gasteiger partial charge in [-0.1, -0.05) is 17.3 Å². The smallest absolute Gasteiger partial charge is 0.188 e. The summed E-state index contributed by atoms with van der Waals surface area (Å²) in [5.41, 5.74) is 0.757. The number of phenolic OH excluding ortho intramolecular Hbond substituents is 1. The molecule has 0 atom stereocenters. The molecule has 7 nitrogen and oxygen atoms in total. The van der Waals surface area contributed by atoms with Gasteiger partial charge in [0.1, 0.15) is 0 Å². The standard InChI is InChI=1S/C10H13N5O2/c1-17-8-4-2-3-7(10(8)16)5-11-6-9-12-14-15-13-9/h2-4,11,16H,5-6H2,1H3,(H,12,13,14,15). The minimum atomic E-state index is 0.149. The van der Waals surface area contributed by atoms with Gasteiger partial charge in [0.15, 0.2) is 17.3 Å². The zero-order chi connectivity index (χ0) is 12.1. The first-order valence-electron chi connectivity index (χ1n) is 5.09. The lowest BCUT2D eigenvalue weighted by molar-refractivity contribution is 0.369. The predicted octanol–water partition coefficient (Wildman–Crippen LogP) is 0.204. The molecule has 17 heavy (non-hydrogen) atoms. The van der Waals surface area contributed by atoms with Gasteiger partial charge in [0.25, 0.3) is 0 Å². The van der Waals surface area contributed by atoms with Gasteiger partial charge >= 0.3 is 0 Å². The number of rotatable bonds is 5. The van der Waals surface area contributed by atoms with E-state index in [0.717, 1.165) is 5.56 Å². The highest BCUT2D eigenvalue weighted by Crippen LogP contribution is 2.28. The summed E-state index contributed by atoms with van der Waals surface area (Å²) < 4.78 is 5.02. The number of benzene rings is 1. The van der Waals surface area contributed by atoms with Crippen LogP contribution in [-0.4, -0.2) is 32.8 Å². The second-order valence-electron chi connectivity index (χ2n) is 3.40. The Morgan fingerprint density at radius 3 is 3.00 bits per heavy atom. The SMILES string of the molecule is COc1cccc(CNCc2nn[nH]n2)c1O. The number of aromatic nitrogens is 4. The number of hydrogen-bond donors (Lipinski definition) is 3. The number of methoxy groups -OCH3 is 1. The fraction of sp³-hybridized carbons (Fsp3) is 0.300. The van der Waals surface area contributed by atoms with E-state index in [4.69, 9.17) is 4.74 Å². The summed E-state index contributed by atoms with van der Waals surface area (Å²) in [6.45, 7) is 0.977. The molecule has 0 aliphatic rings. The minimum Gasteiger partial charge on any atom is -0.504 e. The Morgan fingerprint density at radius 2 is 2.29 bits per heavy atom. The Balaban J connectivity index is 1.95. The molecule has 90 valence electrons. The van der Waals surface area contributed by atoms with Gasteiger partial charge in [0.05, 0.1) is 13.7 Å². The molecule has 0 bridgehead atoms. The molecule has 1 aromatic carbocycles. The van der Waals surface area contributed by atoms with Gasteiger partial charge in [-0.3, -0.25) is 0 Å². The summed E-state index contributed by atoms with van der Waals surface area (Å²) in [4.78, 5) is 0. The van der Waals surface area contributed by atoms with Crippen LogP contribution in [0.3, 0.4) is 0 Å². The topological polar surface area (TPSA) is 96.0 Å². The van der Waals surface area contributed by atoms with Crippen LogP contribution in [0.25, 0.3) is 0 Å². The highest BCUT2D eigenvalue weighted by Gasteiger charge is 2.06. The second kappa shape index (κ2) is 5.26. The molecule has 0 aliphatic heterocycles. The molecule has 0 amide bonds. The van der Waals surface area contributed by atoms with Crippen molar-refractivity contribution in [3.05, 3.63) is 29.6 Å². The van der Waals surface area contributed by atoms with Gasteiger partial charge in [-0.25, -0.2) is 0 Å². The number of nitrogens with one attached hydrogen (secondary N) is 2. The average Bonchev–Trinajstić information content (AvgIpc) is 2.84. The van der Waals surface area contributed by atoms with Crippen molar-refractivity contribution in [3.63, 3.8) is 0 Å². The predicted molar refractivity (Wildman–Crippen MR) is 59.4 cm³/mol. The Labute approximate surface area is 97.8 Å². The van der Waals surface area contributed by atoms with E-state index in [1.807, 2.05) is 12.1 Å². The summed E-state index contributed by atoms with van der Waals surface area (Å²) >= 11 is 0. The van der Waals surface area contributed by atoms with Crippen LogP contribution in [0.15, 0.2) is 18.2 Å². The third kappa shape index (κ3) is 2.70. The first-order valence-corrected chi connectivity index (χ1v) is 5.09. The third-order valence-electron chi connectivity index (χ3n) is 2.29. The van der Waals surface area contributed by atoms with Crippen LogP contribution in [0.1, 0.15) is 11.4 Å². The van der Waals surface area contributed by atoms with Crippen LogP contribution < -0.4 is 10.1 Å². The molecule has 2 aromatic rings. The summed E-state index contributed by atoms with van der Waals surface area (Å²) in [6, 6.07) is 5.35. The summed E-state index contributed by atoms with van der Waals surface area (Å²) in [5, 5.41) is 26.4. The maximum Gasteiger partial charge on any atom is 0.188 e. The largest absolute Gasteiger partial charge is 0.504 e. The van der Waals surface area contributed by atoms with Crippen molar-refractivity contribution in [1.82, 2.24) is 25.9 Å². The molecule has 3 N–H and O–H groups in total. The van der Waals surface area contributed by atoms with Gasteiger partial charge in [-0.2, -0.15) is 5.21 Å². The molecule has 0 radical (unpaired) electrons. The number of aromatic amines is 1. The van der Waals surface area contributed by atoms with Crippen molar-refractivity contribution in [2.24, 2.45) is 0 Å². The lowest BCUT2D eigenvalue weighted by atomic mass is 10.2. The van der Waals surface area contributed by atoms with Gasteiger partial charge in [-0.15, -0.1) is 10.2 Å². The van der Waals surface area contributed by atoms with Crippen LogP contribution in [0.5, 0.6) is 11.5 Å². The summed E-state index contributed by atoms with van der Waals surface area (Å²) in [5.74, 6) is 1.19. The molecular formula is C10H13N5O2. The van der Waals surface area contributed by atoms with Crippen LogP contribution in [0.2, 0.25) is 0 Å². The molecule has 1 heterocycles. The van der Waals surface area contributed by atoms with E-state index >= 15 is 0 Å². The molecule has 0 fully saturated rings. The molecule has 1 aromatic heterocycles. The van der Waals surface area contributed by atoms with Crippen molar-refractivity contribution in [3.8, 4) is 11.5 Å². The number of phenols is 1. The monoisotopic (exact) mass is 235 g/mol. The zero-order valence-electron chi connectivity index (χ0n) is 9.34. The molecule has 0 unspecified atom stereocenters. The van der Waals surface area contributed by atoms with Crippen LogP contribution in [-0.2, 0) is 13.1 Å². The first-order chi connectivity index (χ1) is 8.31. The normalized spacial score (nSPS) is 10.4. The molecule has 0 saturated carbocycles. The molecule has 2 rings (SSSR count). The average molecular weight is 235 g/mol. The Morgan fingerprint density at radius 1 is 1.41 bits per heavy atom. The molecular weight excluding hydrogens is 222 g/mol.